The van der Waals surface area contributed by atoms with Gasteiger partial charge in [0, 0.05) is 23.2 Å². The fraction of sp³-hybridized carbons (Fsp3) is 0.357. The van der Waals surface area contributed by atoms with Crippen molar-refractivity contribution in [3.63, 3.8) is 0 Å². The monoisotopic (exact) mass is 297 g/mol. The third kappa shape index (κ3) is 2.94. The van der Waals surface area contributed by atoms with Crippen LogP contribution in [0.5, 0.6) is 0 Å². The Kier molecular flexibility index (Phi) is 4.50. The molecule has 0 saturated heterocycles. The molecule has 0 aliphatic carbocycles. The number of hydrogen-bond donors (Lipinski definition) is 1. The Labute approximate surface area is 123 Å². The third-order valence-corrected chi connectivity index (χ3v) is 3.80. The van der Waals surface area contributed by atoms with Crippen LogP contribution < -0.4 is 5.73 Å². The Morgan fingerprint density at radius 1 is 1.32 bits per heavy atom. The molecule has 2 N–H and O–H groups in total. The van der Waals surface area contributed by atoms with E-state index in [-0.39, 0.29) is 6.04 Å². The highest BCUT2D eigenvalue weighted by atomic mass is 35.5. The van der Waals surface area contributed by atoms with Crippen LogP contribution in [0, 0.1) is 5.92 Å². The first-order valence-corrected chi connectivity index (χ1v) is 6.97. The number of aromatic nitrogens is 2. The molecule has 0 aliphatic heterocycles. The fourth-order valence-electron chi connectivity index (χ4n) is 2.18. The lowest BCUT2D eigenvalue weighted by Crippen LogP contribution is -2.24. The number of imidazole rings is 1. The van der Waals surface area contributed by atoms with Crippen LogP contribution in [-0.4, -0.2) is 16.1 Å². The molecule has 3 nitrogen and oxygen atoms in total. The van der Waals surface area contributed by atoms with Crippen molar-refractivity contribution in [2.75, 3.05) is 6.54 Å². The maximum atomic E-state index is 6.26. The molecule has 2 rings (SSSR count). The van der Waals surface area contributed by atoms with Gasteiger partial charge in [-0.25, -0.2) is 4.98 Å². The van der Waals surface area contributed by atoms with Crippen molar-refractivity contribution in [3.05, 3.63) is 40.8 Å². The molecule has 0 saturated carbocycles. The molecule has 19 heavy (non-hydrogen) atoms. The summed E-state index contributed by atoms with van der Waals surface area (Å²) in [6, 6.07) is 5.61. The molecule has 1 aromatic carbocycles. The molecule has 0 amide bonds. The number of benzene rings is 1. The van der Waals surface area contributed by atoms with Gasteiger partial charge in [0.25, 0.3) is 0 Å². The topological polar surface area (TPSA) is 43.8 Å². The first-order chi connectivity index (χ1) is 9.04. The van der Waals surface area contributed by atoms with Gasteiger partial charge in [0.1, 0.15) is 0 Å². The Hall–Kier alpha value is -1.03. The van der Waals surface area contributed by atoms with Crippen molar-refractivity contribution in [2.45, 2.75) is 19.9 Å². The van der Waals surface area contributed by atoms with E-state index in [0.717, 1.165) is 11.3 Å². The predicted molar refractivity (Wildman–Crippen MR) is 80.6 cm³/mol. The molecule has 0 radical (unpaired) electrons. The van der Waals surface area contributed by atoms with E-state index in [1.165, 1.54) is 0 Å². The van der Waals surface area contributed by atoms with Crippen molar-refractivity contribution >= 4 is 23.2 Å². The van der Waals surface area contributed by atoms with E-state index in [2.05, 4.69) is 23.4 Å². The molecule has 0 spiro atoms. The van der Waals surface area contributed by atoms with Crippen LogP contribution in [0.2, 0.25) is 10.0 Å². The molecule has 1 heterocycles. The van der Waals surface area contributed by atoms with E-state index >= 15 is 0 Å². The standard InChI is InChI=1S/C14H17Cl2N3/c1-9(2)13(6-17)19-8-18-7-14(19)11-5-10(15)3-4-12(11)16/h3-5,7-9,13H,6,17H2,1-2H3. The molecular weight excluding hydrogens is 281 g/mol. The van der Waals surface area contributed by atoms with Crippen LogP contribution in [0.4, 0.5) is 0 Å². The molecule has 1 atom stereocenters. The van der Waals surface area contributed by atoms with E-state index in [1.54, 1.807) is 24.7 Å². The summed E-state index contributed by atoms with van der Waals surface area (Å²) in [5, 5.41) is 1.31. The van der Waals surface area contributed by atoms with Crippen molar-refractivity contribution in [1.82, 2.24) is 9.55 Å². The van der Waals surface area contributed by atoms with Gasteiger partial charge >= 0.3 is 0 Å². The Balaban J connectivity index is 2.52. The van der Waals surface area contributed by atoms with Gasteiger partial charge in [-0.1, -0.05) is 37.0 Å². The van der Waals surface area contributed by atoms with Gasteiger partial charge in [-0.3, -0.25) is 0 Å². The fourth-order valence-corrected chi connectivity index (χ4v) is 2.56. The zero-order valence-corrected chi connectivity index (χ0v) is 12.5. The van der Waals surface area contributed by atoms with Crippen LogP contribution in [-0.2, 0) is 0 Å². The number of rotatable bonds is 4. The number of nitrogens with two attached hydrogens (primary N) is 1. The minimum absolute atomic E-state index is 0.188. The van der Waals surface area contributed by atoms with Crippen molar-refractivity contribution < 1.29 is 0 Å². The van der Waals surface area contributed by atoms with Crippen LogP contribution in [0.25, 0.3) is 11.3 Å². The van der Waals surface area contributed by atoms with E-state index in [0.29, 0.717) is 22.5 Å². The summed E-state index contributed by atoms with van der Waals surface area (Å²) in [4.78, 5) is 4.23. The molecule has 0 aliphatic rings. The van der Waals surface area contributed by atoms with Gasteiger partial charge in [-0.05, 0) is 24.1 Å². The summed E-state index contributed by atoms with van der Waals surface area (Å²) in [6.45, 7) is 4.83. The lowest BCUT2D eigenvalue weighted by molar-refractivity contribution is 0.387. The highest BCUT2D eigenvalue weighted by molar-refractivity contribution is 6.35. The van der Waals surface area contributed by atoms with Gasteiger partial charge in [-0.2, -0.15) is 0 Å². The molecule has 1 aromatic heterocycles. The van der Waals surface area contributed by atoms with Crippen LogP contribution in [0.1, 0.15) is 19.9 Å². The summed E-state index contributed by atoms with van der Waals surface area (Å²) >= 11 is 12.3. The van der Waals surface area contributed by atoms with Crippen LogP contribution >= 0.6 is 23.2 Å². The van der Waals surface area contributed by atoms with E-state index < -0.39 is 0 Å². The molecular formula is C14H17Cl2N3. The van der Waals surface area contributed by atoms with Gasteiger partial charge < -0.3 is 10.3 Å². The first-order valence-electron chi connectivity index (χ1n) is 6.22. The van der Waals surface area contributed by atoms with Crippen molar-refractivity contribution in [2.24, 2.45) is 11.7 Å². The summed E-state index contributed by atoms with van der Waals surface area (Å²) in [5.74, 6) is 0.413. The Bertz CT molecular complexity index is 564. The zero-order chi connectivity index (χ0) is 14.0. The molecule has 1 unspecified atom stereocenters. The average Bonchev–Trinajstić information content (AvgIpc) is 2.81. The second kappa shape index (κ2) is 5.95. The lowest BCUT2D eigenvalue weighted by atomic mass is 10.0. The number of halogens is 2. The van der Waals surface area contributed by atoms with E-state index in [4.69, 9.17) is 28.9 Å². The van der Waals surface area contributed by atoms with Crippen LogP contribution in [0.15, 0.2) is 30.7 Å². The van der Waals surface area contributed by atoms with Crippen LogP contribution in [0.3, 0.4) is 0 Å². The summed E-state index contributed by atoms with van der Waals surface area (Å²) < 4.78 is 2.07. The average molecular weight is 298 g/mol. The molecule has 0 bridgehead atoms. The number of nitrogens with zero attached hydrogens (tertiary/aromatic N) is 2. The minimum Gasteiger partial charge on any atom is -0.328 e. The van der Waals surface area contributed by atoms with Gasteiger partial charge in [0.05, 0.1) is 23.2 Å². The molecule has 0 fully saturated rings. The Morgan fingerprint density at radius 3 is 2.68 bits per heavy atom. The maximum Gasteiger partial charge on any atom is 0.0954 e. The largest absolute Gasteiger partial charge is 0.328 e. The smallest absolute Gasteiger partial charge is 0.0954 e. The van der Waals surface area contributed by atoms with Gasteiger partial charge in [0.2, 0.25) is 0 Å². The summed E-state index contributed by atoms with van der Waals surface area (Å²) in [5.41, 5.74) is 7.69. The first kappa shape index (κ1) is 14.4. The van der Waals surface area contributed by atoms with Crippen molar-refractivity contribution in [1.29, 1.82) is 0 Å². The normalized spacial score (nSPS) is 12.9. The maximum absolute atomic E-state index is 6.26. The minimum atomic E-state index is 0.188. The SMILES string of the molecule is CC(C)C(CN)n1cncc1-c1cc(Cl)ccc1Cl. The van der Waals surface area contributed by atoms with Gasteiger partial charge in [0.15, 0.2) is 0 Å². The predicted octanol–water partition coefficient (Wildman–Crippen LogP) is 4.01. The highest BCUT2D eigenvalue weighted by Gasteiger charge is 2.18. The second-order valence-electron chi connectivity index (χ2n) is 4.86. The van der Waals surface area contributed by atoms with E-state index in [9.17, 15) is 0 Å². The van der Waals surface area contributed by atoms with Crippen molar-refractivity contribution in [3.8, 4) is 11.3 Å². The van der Waals surface area contributed by atoms with Gasteiger partial charge in [-0.15, -0.1) is 0 Å². The van der Waals surface area contributed by atoms with E-state index in [1.807, 2.05) is 6.07 Å². The Morgan fingerprint density at radius 2 is 2.05 bits per heavy atom. The lowest BCUT2D eigenvalue weighted by Gasteiger charge is -2.23. The quantitative estimate of drug-likeness (QED) is 0.926. The summed E-state index contributed by atoms with van der Waals surface area (Å²) in [6.07, 6.45) is 3.59. The highest BCUT2D eigenvalue weighted by Crippen LogP contribution is 2.32. The third-order valence-electron chi connectivity index (χ3n) is 3.24. The number of hydrogen-bond acceptors (Lipinski definition) is 2. The summed E-state index contributed by atoms with van der Waals surface area (Å²) in [7, 11) is 0. The zero-order valence-electron chi connectivity index (χ0n) is 11.0. The molecule has 5 heteroatoms. The molecule has 2 aromatic rings. The molecule has 102 valence electrons. The second-order valence-corrected chi connectivity index (χ2v) is 5.70.